The molecule has 2 N–H and O–H groups in total. The molecule has 0 saturated carbocycles. The molecule has 0 unspecified atom stereocenters. The zero-order valence-corrected chi connectivity index (χ0v) is 17.0. The van der Waals surface area contributed by atoms with Crippen molar-refractivity contribution in [3.63, 3.8) is 0 Å². The minimum absolute atomic E-state index is 0.109. The van der Waals surface area contributed by atoms with Gasteiger partial charge in [-0.2, -0.15) is 4.72 Å². The lowest BCUT2D eigenvalue weighted by Gasteiger charge is -2.17. The van der Waals surface area contributed by atoms with Crippen LogP contribution in [-0.4, -0.2) is 20.4 Å². The fourth-order valence-electron chi connectivity index (χ4n) is 2.58. The largest absolute Gasteiger partial charge is 0.324 e. The van der Waals surface area contributed by atoms with E-state index in [2.05, 4.69) is 26.0 Å². The van der Waals surface area contributed by atoms with Gasteiger partial charge in [-0.25, -0.2) is 8.42 Å². The number of carbonyl (C=O) groups excluding carboxylic acids is 1. The Balaban J connectivity index is 2.14. The number of benzene rings is 2. The van der Waals surface area contributed by atoms with Gasteiger partial charge in [0.25, 0.3) is 0 Å². The summed E-state index contributed by atoms with van der Waals surface area (Å²) in [5.41, 5.74) is 3.70. The summed E-state index contributed by atoms with van der Waals surface area (Å²) in [6.07, 6.45) is 0. The number of halogens is 1. The molecule has 0 spiro atoms. The molecule has 2 aromatic rings. The van der Waals surface area contributed by atoms with Gasteiger partial charge in [-0.3, -0.25) is 4.79 Å². The molecule has 2 aromatic carbocycles. The molecule has 1 atom stereocenters. The van der Waals surface area contributed by atoms with Crippen LogP contribution in [0.3, 0.4) is 0 Å². The number of carbonyl (C=O) groups is 1. The molecule has 0 aliphatic rings. The number of anilines is 1. The van der Waals surface area contributed by atoms with Crippen molar-refractivity contribution in [3.8, 4) is 0 Å². The van der Waals surface area contributed by atoms with Crippen molar-refractivity contribution < 1.29 is 13.2 Å². The Kier molecular flexibility index (Phi) is 6.03. The van der Waals surface area contributed by atoms with Gasteiger partial charge in [-0.15, -0.1) is 0 Å². The Hall–Kier alpha value is -1.70. The first kappa shape index (κ1) is 19.6. The molecule has 7 heteroatoms. The van der Waals surface area contributed by atoms with Crippen molar-refractivity contribution >= 4 is 37.5 Å². The van der Waals surface area contributed by atoms with Crippen LogP contribution in [0.5, 0.6) is 0 Å². The molecular formula is C18H21BrN2O3S. The molecule has 0 fully saturated rings. The molecule has 25 heavy (non-hydrogen) atoms. The van der Waals surface area contributed by atoms with Crippen LogP contribution in [0.25, 0.3) is 0 Å². The second-order valence-electron chi connectivity index (χ2n) is 6.06. The number of nitrogens with one attached hydrogen (secondary N) is 2. The van der Waals surface area contributed by atoms with Crippen LogP contribution in [0.15, 0.2) is 45.8 Å². The lowest BCUT2D eigenvalue weighted by Crippen LogP contribution is -2.41. The molecule has 0 bridgehead atoms. The highest BCUT2D eigenvalue weighted by molar-refractivity contribution is 9.10. The Morgan fingerprint density at radius 3 is 2.08 bits per heavy atom. The molecule has 2 rings (SSSR count). The monoisotopic (exact) mass is 424 g/mol. The predicted octanol–water partition coefficient (Wildman–Crippen LogP) is 3.68. The molecule has 5 nitrogen and oxygen atoms in total. The van der Waals surface area contributed by atoms with Gasteiger partial charge in [-0.1, -0.05) is 33.6 Å². The van der Waals surface area contributed by atoms with Crippen LogP contribution in [0.4, 0.5) is 5.69 Å². The van der Waals surface area contributed by atoms with Gasteiger partial charge in [0, 0.05) is 10.2 Å². The quantitative estimate of drug-likeness (QED) is 0.768. The van der Waals surface area contributed by atoms with Crippen LogP contribution < -0.4 is 10.0 Å². The molecule has 1 amide bonds. The summed E-state index contributed by atoms with van der Waals surface area (Å²) in [5, 5.41) is 2.82. The Bertz CT molecular complexity index is 870. The highest BCUT2D eigenvalue weighted by Gasteiger charge is 2.22. The highest BCUT2D eigenvalue weighted by Crippen LogP contribution is 2.22. The van der Waals surface area contributed by atoms with Gasteiger partial charge in [0.05, 0.1) is 10.9 Å². The van der Waals surface area contributed by atoms with Gasteiger partial charge < -0.3 is 5.32 Å². The smallest absolute Gasteiger partial charge is 0.242 e. The third-order valence-electron chi connectivity index (χ3n) is 3.77. The van der Waals surface area contributed by atoms with Gasteiger partial charge in [0.15, 0.2) is 0 Å². The van der Waals surface area contributed by atoms with Crippen molar-refractivity contribution in [2.45, 2.75) is 38.6 Å². The summed E-state index contributed by atoms with van der Waals surface area (Å²) in [6.45, 7) is 7.32. The van der Waals surface area contributed by atoms with Crippen molar-refractivity contribution in [3.05, 3.63) is 57.6 Å². The third kappa shape index (κ3) is 4.90. The fraction of sp³-hybridized carbons (Fsp3) is 0.278. The third-order valence-corrected chi connectivity index (χ3v) is 5.86. The van der Waals surface area contributed by atoms with E-state index in [1.807, 2.05) is 32.9 Å². The second-order valence-corrected chi connectivity index (χ2v) is 8.69. The summed E-state index contributed by atoms with van der Waals surface area (Å²) in [4.78, 5) is 12.5. The summed E-state index contributed by atoms with van der Waals surface area (Å²) in [6, 6.07) is 9.26. The number of sulfonamides is 1. The van der Waals surface area contributed by atoms with E-state index in [4.69, 9.17) is 0 Å². The van der Waals surface area contributed by atoms with Gasteiger partial charge >= 0.3 is 0 Å². The maximum atomic E-state index is 12.4. The molecule has 0 aliphatic carbocycles. The van der Waals surface area contributed by atoms with Crippen LogP contribution in [-0.2, 0) is 14.8 Å². The lowest BCUT2D eigenvalue weighted by atomic mass is 10.0. The van der Waals surface area contributed by atoms with Crippen LogP contribution in [0.2, 0.25) is 0 Å². The normalized spacial score (nSPS) is 12.7. The number of rotatable bonds is 5. The number of aryl methyl sites for hydroxylation is 3. The first-order valence-electron chi connectivity index (χ1n) is 7.77. The Morgan fingerprint density at radius 2 is 1.56 bits per heavy atom. The molecule has 0 heterocycles. The van der Waals surface area contributed by atoms with E-state index in [1.54, 1.807) is 12.1 Å². The van der Waals surface area contributed by atoms with Crippen LogP contribution in [0, 0.1) is 20.8 Å². The van der Waals surface area contributed by atoms with E-state index in [-0.39, 0.29) is 4.90 Å². The molecule has 0 aromatic heterocycles. The average Bonchev–Trinajstić information content (AvgIpc) is 2.50. The van der Waals surface area contributed by atoms with Gasteiger partial charge in [-0.05, 0) is 63.1 Å². The minimum atomic E-state index is -3.77. The summed E-state index contributed by atoms with van der Waals surface area (Å²) >= 11 is 3.26. The van der Waals surface area contributed by atoms with Gasteiger partial charge in [0.2, 0.25) is 15.9 Å². The molecule has 0 radical (unpaired) electrons. The molecule has 0 aliphatic heterocycles. The Morgan fingerprint density at radius 1 is 1.04 bits per heavy atom. The standard InChI is InChI=1S/C18H21BrN2O3S/c1-11-9-12(2)17(13(3)10-11)20-18(22)14(4)21-25(23,24)16-7-5-15(19)6-8-16/h5-10,14,21H,1-4H3,(H,20,22)/t14-/m0/s1. The summed E-state index contributed by atoms with van der Waals surface area (Å²) in [7, 11) is -3.77. The highest BCUT2D eigenvalue weighted by atomic mass is 79.9. The average molecular weight is 425 g/mol. The number of amides is 1. The maximum absolute atomic E-state index is 12.4. The topological polar surface area (TPSA) is 75.3 Å². The van der Waals surface area contributed by atoms with Crippen LogP contribution in [0.1, 0.15) is 23.6 Å². The second kappa shape index (κ2) is 7.68. The van der Waals surface area contributed by atoms with E-state index < -0.39 is 22.0 Å². The first-order chi connectivity index (χ1) is 11.6. The SMILES string of the molecule is Cc1cc(C)c(NC(=O)[C@H](C)NS(=O)(=O)c2ccc(Br)cc2)c(C)c1. The van der Waals surface area contributed by atoms with Crippen molar-refractivity contribution in [2.75, 3.05) is 5.32 Å². The maximum Gasteiger partial charge on any atom is 0.242 e. The van der Waals surface area contributed by atoms with E-state index >= 15 is 0 Å². The van der Waals surface area contributed by atoms with E-state index in [1.165, 1.54) is 19.1 Å². The summed E-state index contributed by atoms with van der Waals surface area (Å²) < 4.78 is 28.0. The van der Waals surface area contributed by atoms with Crippen molar-refractivity contribution in [1.82, 2.24) is 4.72 Å². The van der Waals surface area contributed by atoms with E-state index in [9.17, 15) is 13.2 Å². The van der Waals surface area contributed by atoms with Crippen molar-refractivity contribution in [2.24, 2.45) is 0 Å². The van der Waals surface area contributed by atoms with E-state index in [0.29, 0.717) is 5.69 Å². The molecule has 0 saturated heterocycles. The first-order valence-corrected chi connectivity index (χ1v) is 10.0. The zero-order chi connectivity index (χ0) is 18.8. The lowest BCUT2D eigenvalue weighted by molar-refractivity contribution is -0.117. The summed E-state index contributed by atoms with van der Waals surface area (Å²) in [5.74, 6) is -0.407. The van der Waals surface area contributed by atoms with Gasteiger partial charge in [0.1, 0.15) is 0 Å². The number of hydrogen-bond acceptors (Lipinski definition) is 3. The Labute approximate surface area is 157 Å². The fourth-order valence-corrected chi connectivity index (χ4v) is 4.04. The van der Waals surface area contributed by atoms with E-state index in [0.717, 1.165) is 21.2 Å². The molecular weight excluding hydrogens is 404 g/mol. The van der Waals surface area contributed by atoms with Crippen molar-refractivity contribution in [1.29, 1.82) is 0 Å². The minimum Gasteiger partial charge on any atom is -0.324 e. The van der Waals surface area contributed by atoms with Crippen LogP contribution >= 0.6 is 15.9 Å². The molecule has 134 valence electrons. The number of hydrogen-bond donors (Lipinski definition) is 2. The predicted molar refractivity (Wildman–Crippen MR) is 103 cm³/mol. The zero-order valence-electron chi connectivity index (χ0n) is 14.6.